The van der Waals surface area contributed by atoms with E-state index in [2.05, 4.69) is 23.9 Å². The standard InChI is InChI=1S/C13H29N3O/c1-13(14,11-17)6-9-16-7-4-12(5-8-16)10-15(2)3/h12,17H,4-11,14H2,1-3H3. The summed E-state index contributed by atoms with van der Waals surface area (Å²) >= 11 is 0. The fourth-order valence-corrected chi connectivity index (χ4v) is 2.40. The van der Waals surface area contributed by atoms with E-state index in [9.17, 15) is 0 Å². The van der Waals surface area contributed by atoms with Crippen LogP contribution in [-0.2, 0) is 0 Å². The van der Waals surface area contributed by atoms with Crippen molar-refractivity contribution in [1.29, 1.82) is 0 Å². The van der Waals surface area contributed by atoms with Crippen molar-refractivity contribution in [2.75, 3.05) is 46.9 Å². The third kappa shape index (κ3) is 5.82. The average Bonchev–Trinajstić information content (AvgIpc) is 2.28. The summed E-state index contributed by atoms with van der Waals surface area (Å²) in [7, 11) is 4.29. The van der Waals surface area contributed by atoms with Gasteiger partial charge >= 0.3 is 0 Å². The molecule has 0 bridgehead atoms. The van der Waals surface area contributed by atoms with Gasteiger partial charge in [0, 0.05) is 12.1 Å². The van der Waals surface area contributed by atoms with E-state index in [0.717, 1.165) is 18.9 Å². The Balaban J connectivity index is 2.19. The van der Waals surface area contributed by atoms with E-state index in [1.54, 1.807) is 0 Å². The molecule has 0 saturated carbocycles. The largest absolute Gasteiger partial charge is 0.394 e. The van der Waals surface area contributed by atoms with Crippen LogP contribution in [0.1, 0.15) is 26.2 Å². The molecule has 102 valence electrons. The van der Waals surface area contributed by atoms with Crippen molar-refractivity contribution in [2.45, 2.75) is 31.7 Å². The summed E-state index contributed by atoms with van der Waals surface area (Å²) in [6, 6.07) is 0. The third-order valence-electron chi connectivity index (χ3n) is 3.69. The Morgan fingerprint density at radius 1 is 1.35 bits per heavy atom. The maximum atomic E-state index is 9.12. The second-order valence-electron chi connectivity index (χ2n) is 6.11. The molecule has 4 heteroatoms. The van der Waals surface area contributed by atoms with Crippen LogP contribution < -0.4 is 5.73 Å². The van der Waals surface area contributed by atoms with Crippen LogP contribution in [0.4, 0.5) is 0 Å². The highest BCUT2D eigenvalue weighted by Crippen LogP contribution is 2.18. The summed E-state index contributed by atoms with van der Waals surface area (Å²) in [5, 5.41) is 9.12. The molecule has 0 amide bonds. The number of hydrogen-bond acceptors (Lipinski definition) is 4. The molecule has 4 nitrogen and oxygen atoms in total. The molecular weight excluding hydrogens is 214 g/mol. The van der Waals surface area contributed by atoms with Crippen molar-refractivity contribution in [3.05, 3.63) is 0 Å². The first-order valence-corrected chi connectivity index (χ1v) is 6.70. The van der Waals surface area contributed by atoms with Gasteiger partial charge in [0.05, 0.1) is 6.61 Å². The molecule has 0 aromatic carbocycles. The molecule has 1 rings (SSSR count). The lowest BCUT2D eigenvalue weighted by Gasteiger charge is -2.34. The first-order chi connectivity index (χ1) is 7.93. The predicted molar refractivity (Wildman–Crippen MR) is 72.0 cm³/mol. The Bertz CT molecular complexity index is 211. The van der Waals surface area contributed by atoms with Crippen molar-refractivity contribution in [3.8, 4) is 0 Å². The number of piperidine rings is 1. The van der Waals surface area contributed by atoms with Crippen LogP contribution in [0.15, 0.2) is 0 Å². The lowest BCUT2D eigenvalue weighted by atomic mass is 9.95. The van der Waals surface area contributed by atoms with Crippen molar-refractivity contribution >= 4 is 0 Å². The number of likely N-dealkylation sites (tertiary alicyclic amines) is 1. The number of rotatable bonds is 6. The summed E-state index contributed by atoms with van der Waals surface area (Å²) in [6.07, 6.45) is 3.46. The van der Waals surface area contributed by atoms with Crippen LogP contribution in [0.3, 0.4) is 0 Å². The first kappa shape index (κ1) is 14.9. The summed E-state index contributed by atoms with van der Waals surface area (Å²) < 4.78 is 0. The van der Waals surface area contributed by atoms with Gasteiger partial charge in [-0.25, -0.2) is 0 Å². The number of aliphatic hydroxyl groups excluding tert-OH is 1. The van der Waals surface area contributed by atoms with Crippen molar-refractivity contribution < 1.29 is 5.11 Å². The van der Waals surface area contributed by atoms with Crippen LogP contribution >= 0.6 is 0 Å². The molecule has 3 N–H and O–H groups in total. The molecule has 0 aromatic rings. The van der Waals surface area contributed by atoms with Crippen molar-refractivity contribution in [2.24, 2.45) is 11.7 Å². The van der Waals surface area contributed by atoms with Gasteiger partial charge in [-0.1, -0.05) is 0 Å². The molecule has 1 unspecified atom stereocenters. The Hall–Kier alpha value is -0.160. The minimum atomic E-state index is -0.416. The summed E-state index contributed by atoms with van der Waals surface area (Å²) in [4.78, 5) is 4.76. The number of aliphatic hydroxyl groups is 1. The van der Waals surface area contributed by atoms with E-state index in [-0.39, 0.29) is 6.61 Å². The van der Waals surface area contributed by atoms with E-state index in [1.807, 2.05) is 6.92 Å². The lowest BCUT2D eigenvalue weighted by Crippen LogP contribution is -2.45. The van der Waals surface area contributed by atoms with Crippen LogP contribution in [0.5, 0.6) is 0 Å². The second kappa shape index (κ2) is 6.69. The molecule has 0 aliphatic carbocycles. The predicted octanol–water partition coefficient (Wildman–Crippen LogP) is 0.360. The molecule has 0 radical (unpaired) electrons. The van der Waals surface area contributed by atoms with Crippen molar-refractivity contribution in [1.82, 2.24) is 9.80 Å². The SMILES string of the molecule is CN(C)CC1CCN(CCC(C)(N)CO)CC1. The van der Waals surface area contributed by atoms with E-state index in [0.29, 0.717) is 0 Å². The van der Waals surface area contributed by atoms with Gasteiger partial charge in [-0.3, -0.25) is 0 Å². The Morgan fingerprint density at radius 3 is 2.41 bits per heavy atom. The summed E-state index contributed by atoms with van der Waals surface area (Å²) in [6.45, 7) is 6.58. The molecule has 1 heterocycles. The molecular formula is C13H29N3O. The molecule has 17 heavy (non-hydrogen) atoms. The average molecular weight is 243 g/mol. The van der Waals surface area contributed by atoms with E-state index in [1.165, 1.54) is 32.5 Å². The van der Waals surface area contributed by atoms with E-state index < -0.39 is 5.54 Å². The zero-order valence-corrected chi connectivity index (χ0v) is 11.7. The van der Waals surface area contributed by atoms with E-state index in [4.69, 9.17) is 10.8 Å². The van der Waals surface area contributed by atoms with Crippen LogP contribution in [0, 0.1) is 5.92 Å². The highest BCUT2D eigenvalue weighted by atomic mass is 16.3. The van der Waals surface area contributed by atoms with Gasteiger partial charge in [-0.2, -0.15) is 0 Å². The first-order valence-electron chi connectivity index (χ1n) is 6.70. The van der Waals surface area contributed by atoms with Gasteiger partial charge < -0.3 is 20.6 Å². The molecule has 1 saturated heterocycles. The van der Waals surface area contributed by atoms with Crippen molar-refractivity contribution in [3.63, 3.8) is 0 Å². The van der Waals surface area contributed by atoms with Gasteiger partial charge in [0.15, 0.2) is 0 Å². The monoisotopic (exact) mass is 243 g/mol. The van der Waals surface area contributed by atoms with Gasteiger partial charge in [0.25, 0.3) is 0 Å². The molecule has 1 fully saturated rings. The molecule has 1 aliphatic rings. The Morgan fingerprint density at radius 2 is 1.94 bits per heavy atom. The second-order valence-corrected chi connectivity index (χ2v) is 6.11. The minimum absolute atomic E-state index is 0.0735. The highest BCUT2D eigenvalue weighted by Gasteiger charge is 2.22. The van der Waals surface area contributed by atoms with Gasteiger partial charge in [0.1, 0.15) is 0 Å². The maximum Gasteiger partial charge on any atom is 0.0608 e. The van der Waals surface area contributed by atoms with E-state index >= 15 is 0 Å². The van der Waals surface area contributed by atoms with Crippen LogP contribution in [0.25, 0.3) is 0 Å². The normalized spacial score (nSPS) is 22.9. The van der Waals surface area contributed by atoms with Gasteiger partial charge in [-0.05, 0) is 65.8 Å². The molecule has 0 aromatic heterocycles. The fourth-order valence-electron chi connectivity index (χ4n) is 2.40. The molecule has 1 atom stereocenters. The van der Waals surface area contributed by atoms with Gasteiger partial charge in [-0.15, -0.1) is 0 Å². The molecule has 1 aliphatic heterocycles. The lowest BCUT2D eigenvalue weighted by molar-refractivity contribution is 0.136. The highest BCUT2D eigenvalue weighted by molar-refractivity contribution is 4.81. The minimum Gasteiger partial charge on any atom is -0.394 e. The quantitative estimate of drug-likeness (QED) is 0.707. The van der Waals surface area contributed by atoms with Crippen LogP contribution in [0.2, 0.25) is 0 Å². The maximum absolute atomic E-state index is 9.12. The Labute approximate surface area is 106 Å². The molecule has 0 spiro atoms. The number of nitrogens with zero attached hydrogens (tertiary/aromatic N) is 2. The smallest absolute Gasteiger partial charge is 0.0608 e. The zero-order chi connectivity index (χ0) is 12.9. The number of hydrogen-bond donors (Lipinski definition) is 2. The van der Waals surface area contributed by atoms with Gasteiger partial charge in [0.2, 0.25) is 0 Å². The topological polar surface area (TPSA) is 52.7 Å². The van der Waals surface area contributed by atoms with Crippen LogP contribution in [-0.4, -0.2) is 67.3 Å². The third-order valence-corrected chi connectivity index (χ3v) is 3.69. The summed E-state index contributed by atoms with van der Waals surface area (Å²) in [5.74, 6) is 0.850. The number of nitrogens with two attached hydrogens (primary N) is 1. The zero-order valence-electron chi connectivity index (χ0n) is 11.7. The fraction of sp³-hybridized carbons (Fsp3) is 1.00. The Kier molecular flexibility index (Phi) is 5.86. The summed E-state index contributed by atoms with van der Waals surface area (Å²) in [5.41, 5.74) is 5.53.